The molecular formula is C18H18FNOS. The zero-order valence-corrected chi connectivity index (χ0v) is 13.1. The molecular weight excluding hydrogens is 297 g/mol. The van der Waals surface area contributed by atoms with Gasteiger partial charge in [0.25, 0.3) is 0 Å². The Balaban J connectivity index is 1.94. The normalized spacial score (nSPS) is 13.9. The quantitative estimate of drug-likeness (QED) is 0.719. The largest absolute Gasteiger partial charge is 0.482 e. The third-order valence-electron chi connectivity index (χ3n) is 3.57. The molecule has 0 aliphatic carbocycles. The van der Waals surface area contributed by atoms with Crippen molar-refractivity contribution in [2.75, 3.05) is 13.6 Å². The second-order valence-electron chi connectivity index (χ2n) is 5.11. The lowest BCUT2D eigenvalue weighted by Crippen LogP contribution is -2.29. The molecule has 0 saturated carbocycles. The fourth-order valence-corrected chi connectivity index (χ4v) is 3.30. The van der Waals surface area contributed by atoms with Gasteiger partial charge in [-0.1, -0.05) is 36.4 Å². The van der Waals surface area contributed by atoms with Crippen LogP contribution in [0.15, 0.2) is 60.0 Å². The number of alkyl halides is 1. The van der Waals surface area contributed by atoms with Crippen molar-refractivity contribution in [2.45, 2.75) is 12.3 Å². The monoisotopic (exact) mass is 315 g/mol. The number of ether oxygens (including phenoxy) is 1. The van der Waals surface area contributed by atoms with E-state index in [0.717, 1.165) is 21.4 Å². The molecule has 0 unspecified atom stereocenters. The summed E-state index contributed by atoms with van der Waals surface area (Å²) in [4.78, 5) is 0. The lowest BCUT2D eigenvalue weighted by Gasteiger charge is -2.23. The topological polar surface area (TPSA) is 21.3 Å². The highest BCUT2D eigenvalue weighted by Crippen LogP contribution is 2.34. The Morgan fingerprint density at radius 1 is 1.09 bits per heavy atom. The molecule has 3 aromatic rings. The zero-order valence-electron chi connectivity index (χ0n) is 12.3. The number of hydrogen-bond acceptors (Lipinski definition) is 3. The van der Waals surface area contributed by atoms with Crippen LogP contribution < -0.4 is 10.1 Å². The summed E-state index contributed by atoms with van der Waals surface area (Å²) in [6, 6.07) is 17.4. The lowest BCUT2D eigenvalue weighted by molar-refractivity contribution is 0.102. The molecule has 2 aromatic carbocycles. The molecule has 114 valence electrons. The van der Waals surface area contributed by atoms with E-state index in [0.29, 0.717) is 0 Å². The summed E-state index contributed by atoms with van der Waals surface area (Å²) in [7, 11) is 1.74. The number of fused-ring (bicyclic) bond motifs is 1. The van der Waals surface area contributed by atoms with Crippen molar-refractivity contribution in [3.63, 3.8) is 0 Å². The van der Waals surface area contributed by atoms with Crippen molar-refractivity contribution >= 4 is 21.4 Å². The van der Waals surface area contributed by atoms with Crippen LogP contribution in [0.3, 0.4) is 0 Å². The van der Waals surface area contributed by atoms with Gasteiger partial charge in [-0.15, -0.1) is 11.3 Å². The minimum absolute atomic E-state index is 0.249. The summed E-state index contributed by atoms with van der Waals surface area (Å²) in [5.74, 6) is 0.728. The van der Waals surface area contributed by atoms with Gasteiger partial charge in [0, 0.05) is 16.6 Å². The Morgan fingerprint density at radius 3 is 2.68 bits per heavy atom. The molecule has 4 heteroatoms. The molecule has 22 heavy (non-hydrogen) atoms. The predicted octanol–water partition coefficient (Wildman–Crippen LogP) is 4.58. The van der Waals surface area contributed by atoms with Crippen molar-refractivity contribution < 1.29 is 9.13 Å². The molecule has 0 fully saturated rings. The number of rotatable bonds is 6. The van der Waals surface area contributed by atoms with Crippen LogP contribution in [-0.2, 0) is 0 Å². The lowest BCUT2D eigenvalue weighted by atomic mass is 10.0. The first-order valence-corrected chi connectivity index (χ1v) is 8.14. The van der Waals surface area contributed by atoms with Gasteiger partial charge in [-0.05, 0) is 36.2 Å². The molecule has 1 aromatic heterocycles. The minimum atomic E-state index is -1.12. The highest BCUT2D eigenvalue weighted by molar-refractivity contribution is 7.17. The molecule has 0 bridgehead atoms. The summed E-state index contributed by atoms with van der Waals surface area (Å²) >= 11 is 1.66. The van der Waals surface area contributed by atoms with Crippen LogP contribution in [0.1, 0.15) is 11.7 Å². The van der Waals surface area contributed by atoms with E-state index in [2.05, 4.69) is 5.32 Å². The number of hydrogen-bond donors (Lipinski definition) is 1. The Hall–Kier alpha value is -1.91. The van der Waals surface area contributed by atoms with Gasteiger partial charge in [0.1, 0.15) is 5.75 Å². The van der Waals surface area contributed by atoms with Crippen LogP contribution in [0.5, 0.6) is 5.75 Å². The van der Waals surface area contributed by atoms with Crippen LogP contribution >= 0.6 is 11.3 Å². The van der Waals surface area contributed by atoms with E-state index < -0.39 is 12.3 Å². The Kier molecular flexibility index (Phi) is 4.71. The molecule has 0 aliphatic rings. The number of benzene rings is 2. The maximum atomic E-state index is 14.6. The van der Waals surface area contributed by atoms with Crippen molar-refractivity contribution in [1.82, 2.24) is 5.32 Å². The van der Waals surface area contributed by atoms with Gasteiger partial charge in [-0.3, -0.25) is 0 Å². The standard InChI is InChI=1S/C18H18FNOS/c1-20-12-15(19)18(13-6-3-2-4-7-13)21-16-8-5-9-17-14(16)10-11-22-17/h2-11,15,18,20H,12H2,1H3/t15-,18+/m0/s1. The summed E-state index contributed by atoms with van der Waals surface area (Å²) in [5.41, 5.74) is 0.845. The summed E-state index contributed by atoms with van der Waals surface area (Å²) < 4.78 is 21.8. The van der Waals surface area contributed by atoms with Crippen LogP contribution in [0.4, 0.5) is 4.39 Å². The van der Waals surface area contributed by atoms with Gasteiger partial charge in [0.2, 0.25) is 0 Å². The molecule has 0 radical (unpaired) electrons. The highest BCUT2D eigenvalue weighted by atomic mass is 32.1. The fourth-order valence-electron chi connectivity index (χ4n) is 2.50. The van der Waals surface area contributed by atoms with E-state index in [1.165, 1.54) is 0 Å². The van der Waals surface area contributed by atoms with E-state index in [1.54, 1.807) is 18.4 Å². The maximum Gasteiger partial charge on any atom is 0.156 e. The third-order valence-corrected chi connectivity index (χ3v) is 4.45. The Morgan fingerprint density at radius 2 is 1.91 bits per heavy atom. The van der Waals surface area contributed by atoms with Gasteiger partial charge in [-0.2, -0.15) is 0 Å². The molecule has 0 aliphatic heterocycles. The molecule has 0 amide bonds. The van der Waals surface area contributed by atoms with E-state index in [-0.39, 0.29) is 6.54 Å². The number of halogens is 1. The Bertz CT molecular complexity index is 728. The van der Waals surface area contributed by atoms with Crippen LogP contribution in [0.2, 0.25) is 0 Å². The van der Waals surface area contributed by atoms with Crippen LogP contribution in [0, 0.1) is 0 Å². The molecule has 2 atom stereocenters. The smallest absolute Gasteiger partial charge is 0.156 e. The van der Waals surface area contributed by atoms with Gasteiger partial charge in [0.15, 0.2) is 12.3 Å². The van der Waals surface area contributed by atoms with Gasteiger partial charge >= 0.3 is 0 Å². The summed E-state index contributed by atoms with van der Waals surface area (Å²) in [6.07, 6.45) is -1.75. The van der Waals surface area contributed by atoms with Crippen LogP contribution in [-0.4, -0.2) is 19.8 Å². The zero-order chi connectivity index (χ0) is 15.4. The Labute approximate surface area is 133 Å². The van der Waals surface area contributed by atoms with Crippen molar-refractivity contribution in [1.29, 1.82) is 0 Å². The van der Waals surface area contributed by atoms with Crippen LogP contribution in [0.25, 0.3) is 10.1 Å². The highest BCUT2D eigenvalue weighted by Gasteiger charge is 2.25. The molecule has 0 saturated heterocycles. The van der Waals surface area contributed by atoms with Gasteiger partial charge in [0.05, 0.1) is 0 Å². The summed E-state index contributed by atoms with van der Waals surface area (Å²) in [6.45, 7) is 0.249. The average Bonchev–Trinajstić information content (AvgIpc) is 3.03. The van der Waals surface area contributed by atoms with E-state index in [4.69, 9.17) is 4.74 Å². The first kappa shape index (κ1) is 15.0. The van der Waals surface area contributed by atoms with E-state index >= 15 is 0 Å². The second-order valence-corrected chi connectivity index (χ2v) is 6.06. The molecule has 1 N–H and O–H groups in total. The first-order chi connectivity index (χ1) is 10.8. The van der Waals surface area contributed by atoms with Gasteiger partial charge in [-0.25, -0.2) is 4.39 Å². The second kappa shape index (κ2) is 6.90. The average molecular weight is 315 g/mol. The molecule has 0 spiro atoms. The molecule has 3 rings (SSSR count). The number of nitrogens with one attached hydrogen (secondary N) is 1. The van der Waals surface area contributed by atoms with Crippen molar-refractivity contribution in [2.24, 2.45) is 0 Å². The van der Waals surface area contributed by atoms with Gasteiger partial charge < -0.3 is 10.1 Å². The molecule has 1 heterocycles. The van der Waals surface area contributed by atoms with Crippen molar-refractivity contribution in [3.8, 4) is 5.75 Å². The SMILES string of the molecule is CNC[C@H](F)[C@H](Oc1cccc2sccc12)c1ccccc1. The first-order valence-electron chi connectivity index (χ1n) is 7.26. The minimum Gasteiger partial charge on any atom is -0.482 e. The third kappa shape index (κ3) is 3.13. The summed E-state index contributed by atoms with van der Waals surface area (Å²) in [5, 5.41) is 5.94. The fraction of sp³-hybridized carbons (Fsp3) is 0.222. The molecule has 2 nitrogen and oxygen atoms in total. The van der Waals surface area contributed by atoms with E-state index in [9.17, 15) is 4.39 Å². The predicted molar refractivity (Wildman–Crippen MR) is 90.5 cm³/mol. The number of thiophene rings is 1. The van der Waals surface area contributed by atoms with E-state index in [1.807, 2.05) is 60.0 Å². The van der Waals surface area contributed by atoms with Crippen molar-refractivity contribution in [3.05, 3.63) is 65.5 Å². The maximum absolute atomic E-state index is 14.6.